The van der Waals surface area contributed by atoms with Crippen molar-refractivity contribution in [2.75, 3.05) is 24.5 Å². The van der Waals surface area contributed by atoms with Crippen molar-refractivity contribution in [3.8, 4) is 0 Å². The van der Waals surface area contributed by atoms with Crippen molar-refractivity contribution in [2.24, 2.45) is 0 Å². The van der Waals surface area contributed by atoms with E-state index in [-0.39, 0.29) is 11.9 Å². The van der Waals surface area contributed by atoms with Gasteiger partial charge in [0.05, 0.1) is 18.3 Å². The molecule has 0 saturated carbocycles. The molecule has 1 fully saturated rings. The first-order chi connectivity index (χ1) is 11.2. The number of nitrogens with zero attached hydrogens (tertiary/aromatic N) is 3. The molecule has 1 atom stereocenters. The van der Waals surface area contributed by atoms with Gasteiger partial charge in [-0.2, -0.15) is 0 Å². The van der Waals surface area contributed by atoms with E-state index in [1.165, 1.54) is 11.3 Å². The van der Waals surface area contributed by atoms with Gasteiger partial charge in [-0.15, -0.1) is 0 Å². The second kappa shape index (κ2) is 5.72. The number of amides is 1. The first-order valence-corrected chi connectivity index (χ1v) is 8.28. The maximum absolute atomic E-state index is 12.8. The lowest BCUT2D eigenvalue weighted by Crippen LogP contribution is -2.39. The van der Waals surface area contributed by atoms with E-state index in [2.05, 4.69) is 28.3 Å². The van der Waals surface area contributed by atoms with Crippen LogP contribution in [0.5, 0.6) is 0 Å². The highest BCUT2D eigenvalue weighted by atomic mass is 16.5. The fourth-order valence-electron chi connectivity index (χ4n) is 3.73. The zero-order valence-corrected chi connectivity index (χ0v) is 13.4. The Balaban J connectivity index is 1.49. The summed E-state index contributed by atoms with van der Waals surface area (Å²) in [6, 6.07) is 10.3. The zero-order chi connectivity index (χ0) is 15.8. The fraction of sp³-hybridized carbons (Fsp3) is 0.444. The van der Waals surface area contributed by atoms with Gasteiger partial charge in [0.25, 0.3) is 0 Å². The second-order valence-electron chi connectivity index (χ2n) is 6.42. The lowest BCUT2D eigenvalue weighted by atomic mass is 10.1. The van der Waals surface area contributed by atoms with E-state index in [4.69, 9.17) is 4.52 Å². The first-order valence-electron chi connectivity index (χ1n) is 8.28. The predicted molar refractivity (Wildman–Crippen MR) is 87.3 cm³/mol. The smallest absolute Gasteiger partial charge is 0.242 e. The van der Waals surface area contributed by atoms with E-state index in [0.29, 0.717) is 6.54 Å². The maximum Gasteiger partial charge on any atom is 0.242 e. The molecule has 2 aromatic rings. The minimum absolute atomic E-state index is 0.0431. The highest BCUT2D eigenvalue weighted by Crippen LogP contribution is 2.33. The number of fused-ring (bicyclic) bond motifs is 1. The van der Waals surface area contributed by atoms with Crippen LogP contribution in [0.25, 0.3) is 0 Å². The van der Waals surface area contributed by atoms with Crippen LogP contribution in [0, 0.1) is 6.92 Å². The number of aryl methyl sites for hydroxylation is 1. The van der Waals surface area contributed by atoms with E-state index in [1.54, 1.807) is 0 Å². The van der Waals surface area contributed by atoms with Gasteiger partial charge in [-0.25, -0.2) is 0 Å². The van der Waals surface area contributed by atoms with Gasteiger partial charge in [0.1, 0.15) is 0 Å². The van der Waals surface area contributed by atoms with Crippen molar-refractivity contribution in [1.29, 1.82) is 0 Å². The van der Waals surface area contributed by atoms with E-state index in [1.807, 2.05) is 24.0 Å². The number of hydrogen-bond donors (Lipinski definition) is 0. The number of anilines is 1. The first kappa shape index (κ1) is 14.3. The molecule has 3 heterocycles. The summed E-state index contributed by atoms with van der Waals surface area (Å²) < 4.78 is 5.40. The van der Waals surface area contributed by atoms with E-state index in [9.17, 15) is 4.79 Å². The Morgan fingerprint density at radius 3 is 3.04 bits per heavy atom. The Morgan fingerprint density at radius 1 is 1.35 bits per heavy atom. The van der Waals surface area contributed by atoms with Gasteiger partial charge < -0.3 is 14.3 Å². The average molecular weight is 311 g/mol. The standard InChI is InChI=1S/C18H21N3O2/c1-13-11-17(23-19-13)16-7-4-9-21(16)18(22)12-20-10-8-14-5-2-3-6-15(14)20/h2-3,5-6,11,16H,4,7-10,12H2,1H3. The molecule has 1 amide bonds. The summed E-state index contributed by atoms with van der Waals surface area (Å²) in [4.78, 5) is 17.0. The Kier molecular flexibility index (Phi) is 3.56. The number of carbonyl (C=O) groups excluding carboxylic acids is 1. The highest BCUT2D eigenvalue weighted by Gasteiger charge is 2.34. The molecule has 5 nitrogen and oxygen atoms in total. The topological polar surface area (TPSA) is 49.6 Å². The van der Waals surface area contributed by atoms with Crippen LogP contribution in [0.2, 0.25) is 0 Å². The fourth-order valence-corrected chi connectivity index (χ4v) is 3.73. The van der Waals surface area contributed by atoms with Gasteiger partial charge in [0, 0.05) is 24.8 Å². The number of benzene rings is 1. The molecular weight excluding hydrogens is 290 g/mol. The molecule has 2 aliphatic rings. The third kappa shape index (κ3) is 2.60. The summed E-state index contributed by atoms with van der Waals surface area (Å²) in [6.07, 6.45) is 3.00. The van der Waals surface area contributed by atoms with Crippen molar-refractivity contribution in [3.05, 3.63) is 47.3 Å². The second-order valence-corrected chi connectivity index (χ2v) is 6.42. The van der Waals surface area contributed by atoms with Crippen LogP contribution in [-0.2, 0) is 11.2 Å². The summed E-state index contributed by atoms with van der Waals surface area (Å²) >= 11 is 0. The SMILES string of the molecule is Cc1cc(C2CCCN2C(=O)CN2CCc3ccccc32)on1. The molecule has 0 aliphatic carbocycles. The van der Waals surface area contributed by atoms with Gasteiger partial charge in [-0.1, -0.05) is 23.4 Å². The Morgan fingerprint density at radius 2 is 2.22 bits per heavy atom. The largest absolute Gasteiger partial charge is 0.362 e. The summed E-state index contributed by atoms with van der Waals surface area (Å²) in [5.41, 5.74) is 3.41. The summed E-state index contributed by atoms with van der Waals surface area (Å²) in [5, 5.41) is 3.96. The van der Waals surface area contributed by atoms with Crippen molar-refractivity contribution in [2.45, 2.75) is 32.2 Å². The number of carbonyl (C=O) groups is 1. The lowest BCUT2D eigenvalue weighted by molar-refractivity contribution is -0.131. The molecule has 2 aliphatic heterocycles. The van der Waals surface area contributed by atoms with Gasteiger partial charge in [-0.3, -0.25) is 4.79 Å². The van der Waals surface area contributed by atoms with Gasteiger partial charge in [0.2, 0.25) is 5.91 Å². The van der Waals surface area contributed by atoms with Crippen molar-refractivity contribution < 1.29 is 9.32 Å². The molecule has 1 saturated heterocycles. The number of rotatable bonds is 3. The summed E-state index contributed by atoms with van der Waals surface area (Å²) in [6.45, 7) is 4.08. The molecule has 5 heteroatoms. The highest BCUT2D eigenvalue weighted by molar-refractivity contribution is 5.83. The van der Waals surface area contributed by atoms with Crippen LogP contribution in [0.1, 0.15) is 35.9 Å². The van der Waals surface area contributed by atoms with Crippen LogP contribution >= 0.6 is 0 Å². The Hall–Kier alpha value is -2.30. The molecule has 0 spiro atoms. The number of hydrogen-bond acceptors (Lipinski definition) is 4. The van der Waals surface area contributed by atoms with Crippen LogP contribution in [0.4, 0.5) is 5.69 Å². The lowest BCUT2D eigenvalue weighted by Gasteiger charge is -2.26. The average Bonchev–Trinajstić information content (AvgIpc) is 3.26. The summed E-state index contributed by atoms with van der Waals surface area (Å²) in [5.74, 6) is 0.994. The molecule has 4 rings (SSSR count). The minimum atomic E-state index is 0.0431. The molecule has 23 heavy (non-hydrogen) atoms. The van der Waals surface area contributed by atoms with Crippen LogP contribution in [-0.4, -0.2) is 35.6 Å². The van der Waals surface area contributed by atoms with Crippen LogP contribution in [0.15, 0.2) is 34.9 Å². The van der Waals surface area contributed by atoms with Crippen LogP contribution in [0.3, 0.4) is 0 Å². The molecule has 120 valence electrons. The summed E-state index contributed by atoms with van der Waals surface area (Å²) in [7, 11) is 0. The Bertz CT molecular complexity index is 725. The molecule has 0 radical (unpaired) electrons. The van der Waals surface area contributed by atoms with Crippen molar-refractivity contribution in [3.63, 3.8) is 0 Å². The van der Waals surface area contributed by atoms with Crippen LogP contribution < -0.4 is 4.90 Å². The molecular formula is C18H21N3O2. The number of aromatic nitrogens is 1. The van der Waals surface area contributed by atoms with Gasteiger partial charge >= 0.3 is 0 Å². The molecule has 1 aromatic carbocycles. The number of likely N-dealkylation sites (tertiary alicyclic amines) is 1. The quantitative estimate of drug-likeness (QED) is 0.874. The predicted octanol–water partition coefficient (Wildman–Crippen LogP) is 2.71. The normalized spacial score (nSPS) is 20.1. The zero-order valence-electron chi connectivity index (χ0n) is 13.4. The third-order valence-corrected chi connectivity index (χ3v) is 4.86. The maximum atomic E-state index is 12.8. The molecule has 1 unspecified atom stereocenters. The minimum Gasteiger partial charge on any atom is -0.362 e. The molecule has 1 aromatic heterocycles. The van der Waals surface area contributed by atoms with Crippen molar-refractivity contribution >= 4 is 11.6 Å². The van der Waals surface area contributed by atoms with Gasteiger partial charge in [0.15, 0.2) is 5.76 Å². The van der Waals surface area contributed by atoms with E-state index in [0.717, 1.165) is 43.8 Å². The Labute approximate surface area is 135 Å². The van der Waals surface area contributed by atoms with Gasteiger partial charge in [-0.05, 0) is 37.8 Å². The van der Waals surface area contributed by atoms with E-state index >= 15 is 0 Å². The molecule has 0 bridgehead atoms. The van der Waals surface area contributed by atoms with Crippen molar-refractivity contribution in [1.82, 2.24) is 10.1 Å². The van der Waals surface area contributed by atoms with E-state index < -0.39 is 0 Å². The third-order valence-electron chi connectivity index (χ3n) is 4.86. The molecule has 0 N–H and O–H groups in total. The monoisotopic (exact) mass is 311 g/mol. The number of para-hydroxylation sites is 1.